The quantitative estimate of drug-likeness (QED) is 0.641. The molecule has 2 amide bonds. The number of hydrogen-bond donors (Lipinski definition) is 3. The molecule has 0 spiro atoms. The van der Waals surface area contributed by atoms with Gasteiger partial charge in [-0.05, 0) is 27.9 Å². The lowest BCUT2D eigenvalue weighted by molar-refractivity contribution is -0.148. The Morgan fingerprint density at radius 2 is 2.16 bits per heavy atom. The van der Waals surface area contributed by atoms with Gasteiger partial charge in [-0.3, -0.25) is 4.79 Å². The molecule has 110 valence electrons. The molecule has 1 fully saturated rings. The predicted molar refractivity (Wildman–Crippen MR) is 70.0 cm³/mol. The molecule has 0 aromatic rings. The Balaban J connectivity index is 2.50. The van der Waals surface area contributed by atoms with Gasteiger partial charge in [0.1, 0.15) is 5.41 Å². The van der Waals surface area contributed by atoms with Crippen LogP contribution in [0.2, 0.25) is 0 Å². The van der Waals surface area contributed by atoms with E-state index < -0.39 is 17.4 Å². The molecular formula is C12H23N3O4. The van der Waals surface area contributed by atoms with Crippen molar-refractivity contribution < 1.29 is 19.4 Å². The molecule has 1 heterocycles. The molecule has 3 unspecified atom stereocenters. The summed E-state index contributed by atoms with van der Waals surface area (Å²) in [7, 11) is 3.84. The van der Waals surface area contributed by atoms with Crippen LogP contribution in [0.5, 0.6) is 0 Å². The number of amides is 2. The van der Waals surface area contributed by atoms with E-state index >= 15 is 0 Å². The van der Waals surface area contributed by atoms with E-state index in [9.17, 15) is 14.7 Å². The Labute approximate surface area is 113 Å². The molecule has 0 saturated carbocycles. The van der Waals surface area contributed by atoms with Crippen molar-refractivity contribution in [3.8, 4) is 0 Å². The molecule has 0 aliphatic carbocycles. The van der Waals surface area contributed by atoms with Crippen LogP contribution in [0.15, 0.2) is 0 Å². The summed E-state index contributed by atoms with van der Waals surface area (Å²) in [6.45, 7) is 4.52. The standard InChI is InChI=1S/C12H23N3O4/c1-8(5-15(3)4)13-11(18)14-9-6-19-7-12(9,2)10(16)17/h8-9H,5-7H2,1-4H3,(H,16,17)(H2,13,14,18). The summed E-state index contributed by atoms with van der Waals surface area (Å²) in [6, 6.07) is -0.901. The van der Waals surface area contributed by atoms with Gasteiger partial charge in [-0.2, -0.15) is 0 Å². The number of carboxylic acid groups (broad SMARTS) is 1. The maximum atomic E-state index is 11.8. The van der Waals surface area contributed by atoms with Gasteiger partial charge in [-0.25, -0.2) is 4.79 Å². The van der Waals surface area contributed by atoms with Crippen molar-refractivity contribution in [2.45, 2.75) is 25.9 Å². The number of aliphatic carboxylic acids is 1. The average Bonchev–Trinajstić information content (AvgIpc) is 2.59. The fraction of sp³-hybridized carbons (Fsp3) is 0.833. The van der Waals surface area contributed by atoms with Crippen LogP contribution in [0.3, 0.4) is 0 Å². The molecule has 1 rings (SSSR count). The normalized spacial score (nSPS) is 28.2. The van der Waals surface area contributed by atoms with Crippen LogP contribution in [0.1, 0.15) is 13.8 Å². The lowest BCUT2D eigenvalue weighted by Crippen LogP contribution is -2.54. The van der Waals surface area contributed by atoms with E-state index in [-0.39, 0.29) is 25.3 Å². The first-order chi connectivity index (χ1) is 8.75. The number of rotatable bonds is 5. The molecule has 1 saturated heterocycles. The fourth-order valence-electron chi connectivity index (χ4n) is 2.10. The van der Waals surface area contributed by atoms with E-state index in [0.717, 1.165) is 0 Å². The maximum Gasteiger partial charge on any atom is 0.315 e. The average molecular weight is 273 g/mol. The molecule has 7 nitrogen and oxygen atoms in total. The number of carbonyl (C=O) groups excluding carboxylic acids is 1. The Kier molecular flexibility index (Phi) is 5.13. The van der Waals surface area contributed by atoms with Crippen LogP contribution >= 0.6 is 0 Å². The third-order valence-corrected chi connectivity index (χ3v) is 3.27. The molecule has 1 aliphatic rings. The number of hydrogen-bond acceptors (Lipinski definition) is 4. The van der Waals surface area contributed by atoms with Crippen LogP contribution in [-0.2, 0) is 9.53 Å². The first kappa shape index (κ1) is 15.7. The fourth-order valence-corrected chi connectivity index (χ4v) is 2.10. The molecule has 19 heavy (non-hydrogen) atoms. The Bertz CT molecular complexity index is 348. The van der Waals surface area contributed by atoms with Crippen molar-refractivity contribution in [2.75, 3.05) is 33.9 Å². The highest BCUT2D eigenvalue weighted by molar-refractivity contribution is 5.79. The zero-order valence-corrected chi connectivity index (χ0v) is 11.9. The molecule has 1 aliphatic heterocycles. The van der Waals surface area contributed by atoms with Crippen molar-refractivity contribution in [3.05, 3.63) is 0 Å². The van der Waals surface area contributed by atoms with Crippen LogP contribution in [0.25, 0.3) is 0 Å². The number of urea groups is 1. The molecular weight excluding hydrogens is 250 g/mol. The second kappa shape index (κ2) is 6.21. The number of nitrogens with zero attached hydrogens (tertiary/aromatic N) is 1. The zero-order valence-electron chi connectivity index (χ0n) is 11.9. The summed E-state index contributed by atoms with van der Waals surface area (Å²) in [5.74, 6) is -0.961. The highest BCUT2D eigenvalue weighted by Gasteiger charge is 2.47. The van der Waals surface area contributed by atoms with E-state index in [1.807, 2.05) is 25.9 Å². The van der Waals surface area contributed by atoms with Crippen LogP contribution < -0.4 is 10.6 Å². The highest BCUT2D eigenvalue weighted by atomic mass is 16.5. The topological polar surface area (TPSA) is 90.9 Å². The molecule has 0 aromatic heterocycles. The SMILES string of the molecule is CC(CN(C)C)NC(=O)NC1COCC1(C)C(=O)O. The Hall–Kier alpha value is -1.34. The second-order valence-electron chi connectivity index (χ2n) is 5.57. The number of carbonyl (C=O) groups is 2. The Morgan fingerprint density at radius 1 is 1.53 bits per heavy atom. The number of ether oxygens (including phenoxy) is 1. The van der Waals surface area contributed by atoms with Gasteiger partial charge in [0.2, 0.25) is 0 Å². The highest BCUT2D eigenvalue weighted by Crippen LogP contribution is 2.28. The molecule has 7 heteroatoms. The van der Waals surface area contributed by atoms with Gasteiger partial charge in [0.15, 0.2) is 0 Å². The van der Waals surface area contributed by atoms with Crippen LogP contribution in [0.4, 0.5) is 4.79 Å². The van der Waals surface area contributed by atoms with Crippen LogP contribution in [-0.4, -0.2) is 67.9 Å². The smallest absolute Gasteiger partial charge is 0.315 e. The molecule has 3 N–H and O–H groups in total. The number of nitrogens with one attached hydrogen (secondary N) is 2. The number of likely N-dealkylation sites (N-methyl/N-ethyl adjacent to an activating group) is 1. The van der Waals surface area contributed by atoms with Gasteiger partial charge in [-0.15, -0.1) is 0 Å². The lowest BCUT2D eigenvalue weighted by Gasteiger charge is -2.26. The molecule has 0 radical (unpaired) electrons. The van der Waals surface area contributed by atoms with E-state index in [2.05, 4.69) is 10.6 Å². The zero-order chi connectivity index (χ0) is 14.6. The largest absolute Gasteiger partial charge is 0.481 e. The molecule has 0 aromatic carbocycles. The van der Waals surface area contributed by atoms with E-state index in [1.54, 1.807) is 6.92 Å². The van der Waals surface area contributed by atoms with Gasteiger partial charge in [0.25, 0.3) is 0 Å². The van der Waals surface area contributed by atoms with Crippen molar-refractivity contribution in [2.24, 2.45) is 5.41 Å². The van der Waals surface area contributed by atoms with E-state index in [0.29, 0.717) is 6.54 Å². The first-order valence-corrected chi connectivity index (χ1v) is 6.28. The van der Waals surface area contributed by atoms with E-state index in [4.69, 9.17) is 4.74 Å². The van der Waals surface area contributed by atoms with Gasteiger partial charge in [-0.1, -0.05) is 0 Å². The van der Waals surface area contributed by atoms with Gasteiger partial charge >= 0.3 is 12.0 Å². The van der Waals surface area contributed by atoms with Crippen LogP contribution in [0, 0.1) is 5.41 Å². The second-order valence-corrected chi connectivity index (χ2v) is 5.57. The van der Waals surface area contributed by atoms with Crippen molar-refractivity contribution in [1.29, 1.82) is 0 Å². The van der Waals surface area contributed by atoms with Crippen molar-refractivity contribution in [3.63, 3.8) is 0 Å². The first-order valence-electron chi connectivity index (χ1n) is 6.28. The third kappa shape index (κ3) is 4.07. The summed E-state index contributed by atoms with van der Waals surface area (Å²) >= 11 is 0. The summed E-state index contributed by atoms with van der Waals surface area (Å²) in [6.07, 6.45) is 0. The van der Waals surface area contributed by atoms with Gasteiger partial charge in [0, 0.05) is 12.6 Å². The molecule has 3 atom stereocenters. The van der Waals surface area contributed by atoms with Gasteiger partial charge in [0.05, 0.1) is 19.3 Å². The minimum atomic E-state index is -1.07. The summed E-state index contributed by atoms with van der Waals surface area (Å²) in [5, 5.41) is 14.7. The monoisotopic (exact) mass is 273 g/mol. The summed E-state index contributed by atoms with van der Waals surface area (Å²) < 4.78 is 5.17. The third-order valence-electron chi connectivity index (χ3n) is 3.27. The lowest BCUT2D eigenvalue weighted by atomic mass is 9.85. The summed E-state index contributed by atoms with van der Waals surface area (Å²) in [5.41, 5.74) is -1.07. The maximum absolute atomic E-state index is 11.8. The minimum absolute atomic E-state index is 0.0200. The van der Waals surface area contributed by atoms with Crippen molar-refractivity contribution >= 4 is 12.0 Å². The van der Waals surface area contributed by atoms with Gasteiger partial charge < -0.3 is 25.4 Å². The minimum Gasteiger partial charge on any atom is -0.481 e. The van der Waals surface area contributed by atoms with E-state index in [1.165, 1.54) is 0 Å². The molecule has 0 bridgehead atoms. The predicted octanol–water partition coefficient (Wildman–Crippen LogP) is -0.275. The van der Waals surface area contributed by atoms with Crippen molar-refractivity contribution in [1.82, 2.24) is 15.5 Å². The number of carboxylic acids is 1. The summed E-state index contributed by atoms with van der Waals surface area (Å²) in [4.78, 5) is 25.0. The Morgan fingerprint density at radius 3 is 2.68 bits per heavy atom.